The van der Waals surface area contributed by atoms with Gasteiger partial charge in [-0.3, -0.25) is 4.98 Å². The molecule has 0 aliphatic carbocycles. The molecule has 0 saturated carbocycles. The van der Waals surface area contributed by atoms with Crippen molar-refractivity contribution in [2.45, 2.75) is 5.92 Å². The SMILES string of the molecule is Cn1cnc2c(C(C#N)CBr)nccc21. The van der Waals surface area contributed by atoms with Crippen molar-refractivity contribution in [1.29, 1.82) is 5.26 Å². The van der Waals surface area contributed by atoms with Gasteiger partial charge in [0.15, 0.2) is 0 Å². The molecule has 0 radical (unpaired) electrons. The Morgan fingerprint density at radius 1 is 1.60 bits per heavy atom. The average Bonchev–Trinajstić information content (AvgIpc) is 2.64. The van der Waals surface area contributed by atoms with Gasteiger partial charge in [0.25, 0.3) is 0 Å². The van der Waals surface area contributed by atoms with Crippen LogP contribution in [0.4, 0.5) is 0 Å². The van der Waals surface area contributed by atoms with Gasteiger partial charge >= 0.3 is 0 Å². The molecule has 4 nitrogen and oxygen atoms in total. The first-order chi connectivity index (χ1) is 7.27. The predicted octanol–water partition coefficient (Wildman–Crippen LogP) is 1.97. The van der Waals surface area contributed by atoms with E-state index >= 15 is 0 Å². The summed E-state index contributed by atoms with van der Waals surface area (Å²) in [6.07, 6.45) is 3.45. The zero-order chi connectivity index (χ0) is 10.8. The maximum atomic E-state index is 8.99. The van der Waals surface area contributed by atoms with Gasteiger partial charge in [0.2, 0.25) is 0 Å². The summed E-state index contributed by atoms with van der Waals surface area (Å²) in [7, 11) is 1.93. The Hall–Kier alpha value is -1.41. The molecule has 2 aromatic heterocycles. The van der Waals surface area contributed by atoms with E-state index in [2.05, 4.69) is 32.0 Å². The number of halogens is 1. The van der Waals surface area contributed by atoms with Crippen LogP contribution in [0.1, 0.15) is 11.6 Å². The molecule has 0 bridgehead atoms. The minimum absolute atomic E-state index is 0.247. The number of hydrogen-bond donors (Lipinski definition) is 0. The van der Waals surface area contributed by atoms with Crippen LogP contribution in [-0.4, -0.2) is 19.9 Å². The Bertz CT molecular complexity index is 526. The highest BCUT2D eigenvalue weighted by Crippen LogP contribution is 2.22. The third-order valence-electron chi connectivity index (χ3n) is 2.31. The third kappa shape index (κ3) is 1.61. The van der Waals surface area contributed by atoms with Gasteiger partial charge in [0.05, 0.1) is 23.6 Å². The van der Waals surface area contributed by atoms with E-state index in [4.69, 9.17) is 5.26 Å². The molecule has 0 amide bonds. The lowest BCUT2D eigenvalue weighted by Crippen LogP contribution is -2.01. The molecule has 0 fully saturated rings. The van der Waals surface area contributed by atoms with Crippen molar-refractivity contribution in [3.05, 3.63) is 24.3 Å². The zero-order valence-electron chi connectivity index (χ0n) is 8.18. The molecule has 5 heteroatoms. The highest BCUT2D eigenvalue weighted by molar-refractivity contribution is 9.09. The van der Waals surface area contributed by atoms with E-state index in [1.165, 1.54) is 0 Å². The van der Waals surface area contributed by atoms with E-state index in [9.17, 15) is 0 Å². The number of aryl methyl sites for hydroxylation is 1. The lowest BCUT2D eigenvalue weighted by atomic mass is 10.1. The van der Waals surface area contributed by atoms with E-state index in [0.29, 0.717) is 5.33 Å². The van der Waals surface area contributed by atoms with E-state index in [0.717, 1.165) is 16.7 Å². The molecule has 2 heterocycles. The van der Waals surface area contributed by atoms with Crippen molar-refractivity contribution in [2.75, 3.05) is 5.33 Å². The molecule has 1 unspecified atom stereocenters. The van der Waals surface area contributed by atoms with Crippen LogP contribution in [-0.2, 0) is 7.05 Å². The van der Waals surface area contributed by atoms with Gasteiger partial charge in [-0.1, -0.05) is 15.9 Å². The Kier molecular flexibility index (Phi) is 2.69. The molecular weight excluding hydrogens is 256 g/mol. The van der Waals surface area contributed by atoms with Crippen LogP contribution >= 0.6 is 15.9 Å². The molecular formula is C10H9BrN4. The van der Waals surface area contributed by atoms with Gasteiger partial charge in [-0.25, -0.2) is 4.98 Å². The van der Waals surface area contributed by atoms with Gasteiger partial charge in [-0.15, -0.1) is 0 Å². The maximum absolute atomic E-state index is 8.99. The number of nitriles is 1. The summed E-state index contributed by atoms with van der Waals surface area (Å²) < 4.78 is 1.92. The Morgan fingerprint density at radius 2 is 2.40 bits per heavy atom. The molecule has 0 aliphatic rings. The van der Waals surface area contributed by atoms with Gasteiger partial charge in [-0.05, 0) is 6.07 Å². The minimum atomic E-state index is -0.247. The number of rotatable bonds is 2. The Morgan fingerprint density at radius 3 is 3.07 bits per heavy atom. The summed E-state index contributed by atoms with van der Waals surface area (Å²) in [5, 5.41) is 9.57. The lowest BCUT2D eigenvalue weighted by Gasteiger charge is -2.04. The van der Waals surface area contributed by atoms with Crippen molar-refractivity contribution in [3.63, 3.8) is 0 Å². The number of fused-ring (bicyclic) bond motifs is 1. The first-order valence-electron chi connectivity index (χ1n) is 4.49. The van der Waals surface area contributed by atoms with Crippen LogP contribution in [0.2, 0.25) is 0 Å². The summed E-state index contributed by atoms with van der Waals surface area (Å²) in [5.74, 6) is -0.247. The molecule has 2 rings (SSSR count). The van der Waals surface area contributed by atoms with Crippen molar-refractivity contribution in [3.8, 4) is 6.07 Å². The molecule has 0 saturated heterocycles. The van der Waals surface area contributed by atoms with Crippen LogP contribution in [0, 0.1) is 11.3 Å². The van der Waals surface area contributed by atoms with Gasteiger partial charge in [0.1, 0.15) is 11.4 Å². The van der Waals surface area contributed by atoms with Crippen LogP contribution in [0.3, 0.4) is 0 Å². The van der Waals surface area contributed by atoms with Gasteiger partial charge in [0, 0.05) is 18.6 Å². The van der Waals surface area contributed by atoms with Crippen LogP contribution in [0.25, 0.3) is 11.0 Å². The Balaban J connectivity index is 2.66. The highest BCUT2D eigenvalue weighted by atomic mass is 79.9. The summed E-state index contributed by atoms with van der Waals surface area (Å²) in [4.78, 5) is 8.50. The number of nitrogens with zero attached hydrogens (tertiary/aromatic N) is 4. The second kappa shape index (κ2) is 3.99. The smallest absolute Gasteiger partial charge is 0.111 e. The second-order valence-corrected chi connectivity index (χ2v) is 3.90. The van der Waals surface area contributed by atoms with Crippen LogP contribution < -0.4 is 0 Å². The molecule has 1 atom stereocenters. The van der Waals surface area contributed by atoms with E-state index in [1.807, 2.05) is 17.7 Å². The highest BCUT2D eigenvalue weighted by Gasteiger charge is 2.16. The standard InChI is InChI=1S/C10H9BrN4/c1-15-6-14-10-8(15)2-3-13-9(10)7(4-11)5-12/h2-3,6-7H,4H2,1H3. The first-order valence-corrected chi connectivity index (χ1v) is 5.61. The number of alkyl halides is 1. The number of hydrogen-bond acceptors (Lipinski definition) is 3. The summed E-state index contributed by atoms with van der Waals surface area (Å²) in [6.45, 7) is 0. The van der Waals surface area contributed by atoms with Crippen LogP contribution in [0.15, 0.2) is 18.6 Å². The molecule has 0 N–H and O–H groups in total. The van der Waals surface area contributed by atoms with Gasteiger partial charge in [-0.2, -0.15) is 5.26 Å². The van der Waals surface area contributed by atoms with Crippen molar-refractivity contribution >= 4 is 27.0 Å². The second-order valence-electron chi connectivity index (χ2n) is 3.26. The molecule has 15 heavy (non-hydrogen) atoms. The number of aromatic nitrogens is 3. The first kappa shape index (κ1) is 10.1. The fourth-order valence-corrected chi connectivity index (χ4v) is 1.96. The minimum Gasteiger partial charge on any atom is -0.334 e. The van der Waals surface area contributed by atoms with Crippen LogP contribution in [0.5, 0.6) is 0 Å². The van der Waals surface area contributed by atoms with E-state index in [1.54, 1.807) is 12.5 Å². The summed E-state index contributed by atoms with van der Waals surface area (Å²) in [5.41, 5.74) is 2.56. The van der Waals surface area contributed by atoms with Gasteiger partial charge < -0.3 is 4.57 Å². The molecule has 0 aliphatic heterocycles. The van der Waals surface area contributed by atoms with Crippen molar-refractivity contribution in [2.24, 2.45) is 7.05 Å². The van der Waals surface area contributed by atoms with E-state index < -0.39 is 0 Å². The molecule has 0 aromatic carbocycles. The fourth-order valence-electron chi connectivity index (χ4n) is 1.51. The zero-order valence-corrected chi connectivity index (χ0v) is 9.77. The summed E-state index contributed by atoms with van der Waals surface area (Å²) >= 11 is 3.31. The van der Waals surface area contributed by atoms with Crippen molar-refractivity contribution < 1.29 is 0 Å². The Labute approximate surface area is 95.7 Å². The topological polar surface area (TPSA) is 54.5 Å². The molecule has 2 aromatic rings. The monoisotopic (exact) mass is 264 g/mol. The quantitative estimate of drug-likeness (QED) is 0.780. The largest absolute Gasteiger partial charge is 0.334 e. The average molecular weight is 265 g/mol. The number of pyridine rings is 1. The predicted molar refractivity (Wildman–Crippen MR) is 60.7 cm³/mol. The normalized spacial score (nSPS) is 12.6. The number of imidazole rings is 1. The fraction of sp³-hybridized carbons (Fsp3) is 0.300. The molecule has 76 valence electrons. The third-order valence-corrected chi connectivity index (χ3v) is 2.96. The molecule has 0 spiro atoms. The lowest BCUT2D eigenvalue weighted by molar-refractivity contribution is 0.942. The van der Waals surface area contributed by atoms with Crippen molar-refractivity contribution in [1.82, 2.24) is 14.5 Å². The maximum Gasteiger partial charge on any atom is 0.111 e. The summed E-state index contributed by atoms with van der Waals surface area (Å²) in [6, 6.07) is 4.11. The van der Waals surface area contributed by atoms with E-state index in [-0.39, 0.29) is 5.92 Å².